The number of hydrogen-bond acceptors (Lipinski definition) is 11. The number of methoxy groups -OCH3 is 2. The fraction of sp³-hybridized carbons (Fsp3) is 0.125. The number of ether oxygens (including phenoxy) is 3. The topological polar surface area (TPSA) is 185 Å². The molecule has 0 saturated heterocycles. The predicted octanol–water partition coefficient (Wildman–Crippen LogP) is 4.28. The monoisotopic (exact) mass is 589 g/mol. The Labute approximate surface area is 232 Å². The Bertz CT molecular complexity index is 1640. The average Bonchev–Trinajstić information content (AvgIpc) is 3.41. The molecule has 208 valence electrons. The van der Waals surface area contributed by atoms with Gasteiger partial charge in [0.1, 0.15) is 18.1 Å². The van der Waals surface area contributed by atoms with Crippen molar-refractivity contribution < 1.29 is 36.8 Å². The predicted molar refractivity (Wildman–Crippen MR) is 141 cm³/mol. The summed E-state index contributed by atoms with van der Waals surface area (Å²) in [5, 5.41) is 13.5. The second kappa shape index (κ2) is 11.9. The number of furan rings is 1. The van der Waals surface area contributed by atoms with Gasteiger partial charge in [-0.1, -0.05) is 11.6 Å². The van der Waals surface area contributed by atoms with Crippen LogP contribution in [-0.2, 0) is 16.6 Å². The number of nitrogens with zero attached hydrogens (tertiary/aromatic N) is 3. The van der Waals surface area contributed by atoms with Gasteiger partial charge in [-0.2, -0.15) is 9.97 Å². The van der Waals surface area contributed by atoms with E-state index in [0.29, 0.717) is 11.4 Å². The molecule has 0 radical (unpaired) electrons. The van der Waals surface area contributed by atoms with E-state index < -0.39 is 20.9 Å². The minimum Gasteiger partial charge on any atom is -0.484 e. The zero-order valence-corrected chi connectivity index (χ0v) is 22.4. The number of amides is 1. The Morgan fingerprint density at radius 1 is 1.05 bits per heavy atom. The van der Waals surface area contributed by atoms with Crippen LogP contribution in [0.15, 0.2) is 70.0 Å². The Kier molecular flexibility index (Phi) is 8.35. The highest BCUT2D eigenvalue weighted by Gasteiger charge is 2.18. The first-order valence-corrected chi connectivity index (χ1v) is 13.0. The first-order chi connectivity index (χ1) is 19.1. The molecular weight excluding hydrogens is 570 g/mol. The zero-order valence-electron chi connectivity index (χ0n) is 20.8. The van der Waals surface area contributed by atoms with Crippen LogP contribution in [0.1, 0.15) is 16.3 Å². The van der Waals surface area contributed by atoms with E-state index in [0.717, 1.165) is 6.07 Å². The van der Waals surface area contributed by atoms with E-state index in [2.05, 4.69) is 20.0 Å². The smallest absolute Gasteiger partial charge is 0.321 e. The van der Waals surface area contributed by atoms with Gasteiger partial charge in [-0.3, -0.25) is 19.6 Å². The normalized spacial score (nSPS) is 11.0. The van der Waals surface area contributed by atoms with Gasteiger partial charge in [0.15, 0.2) is 11.6 Å². The van der Waals surface area contributed by atoms with E-state index >= 15 is 0 Å². The van der Waals surface area contributed by atoms with Gasteiger partial charge in [0, 0.05) is 23.9 Å². The fourth-order valence-electron chi connectivity index (χ4n) is 3.21. The van der Waals surface area contributed by atoms with Crippen LogP contribution in [0.4, 0.5) is 17.2 Å². The third-order valence-corrected chi connectivity index (χ3v) is 6.78. The molecule has 0 unspecified atom stereocenters. The number of anilines is 2. The number of nitro benzene ring substituents is 1. The van der Waals surface area contributed by atoms with Crippen molar-refractivity contribution in [1.82, 2.24) is 9.97 Å². The van der Waals surface area contributed by atoms with Crippen molar-refractivity contribution in [2.45, 2.75) is 11.5 Å². The minimum absolute atomic E-state index is 0.0292. The van der Waals surface area contributed by atoms with E-state index in [9.17, 15) is 23.3 Å². The molecule has 14 nitrogen and oxygen atoms in total. The van der Waals surface area contributed by atoms with Gasteiger partial charge in [0.05, 0.1) is 29.1 Å². The second-order valence-corrected chi connectivity index (χ2v) is 9.88. The molecule has 4 aromatic rings. The number of nitro groups is 1. The van der Waals surface area contributed by atoms with Crippen LogP contribution in [0.2, 0.25) is 5.02 Å². The molecule has 1 amide bonds. The molecular formula is C24H20ClN5O9S. The van der Waals surface area contributed by atoms with Crippen molar-refractivity contribution in [1.29, 1.82) is 0 Å². The molecule has 0 bridgehead atoms. The molecule has 16 heteroatoms. The first kappa shape index (κ1) is 28.1. The third-order valence-electron chi connectivity index (χ3n) is 5.12. The summed E-state index contributed by atoms with van der Waals surface area (Å²) in [6.07, 6.45) is 0. The lowest BCUT2D eigenvalue weighted by Crippen LogP contribution is -2.15. The van der Waals surface area contributed by atoms with Crippen LogP contribution in [-0.4, -0.2) is 43.4 Å². The lowest BCUT2D eigenvalue weighted by molar-refractivity contribution is -0.384. The van der Waals surface area contributed by atoms with E-state index in [1.807, 2.05) is 0 Å². The summed E-state index contributed by atoms with van der Waals surface area (Å²) in [6.45, 7) is -0.0888. The molecule has 0 aliphatic carbocycles. The molecule has 0 aliphatic heterocycles. The van der Waals surface area contributed by atoms with Crippen LogP contribution in [0, 0.1) is 10.1 Å². The number of nitrogens with one attached hydrogen (secondary N) is 2. The summed E-state index contributed by atoms with van der Waals surface area (Å²) in [7, 11) is -1.34. The number of halogens is 1. The first-order valence-electron chi connectivity index (χ1n) is 11.1. The Hall–Kier alpha value is -4.89. The van der Waals surface area contributed by atoms with Crippen LogP contribution >= 0.6 is 11.6 Å². The molecule has 0 aliphatic rings. The van der Waals surface area contributed by atoms with Crippen LogP contribution in [0.25, 0.3) is 0 Å². The number of hydrogen-bond donors (Lipinski definition) is 2. The van der Waals surface area contributed by atoms with Crippen LogP contribution in [0.5, 0.6) is 17.6 Å². The van der Waals surface area contributed by atoms with Gasteiger partial charge in [0.25, 0.3) is 21.6 Å². The summed E-state index contributed by atoms with van der Waals surface area (Å²) in [5.74, 6) is -0.0749. The quantitative estimate of drug-likeness (QED) is 0.188. The van der Waals surface area contributed by atoms with Crippen molar-refractivity contribution >= 4 is 44.7 Å². The standard InChI is InChI=1S/C24H20ClN5O9S/c1-36-22-12-21(27-24(28-22)37-2)29-40(34,35)17-7-3-14(4-8-17)26-23(31)20-10-6-16(39-20)13-38-19-9-5-15(30(32)33)11-18(19)25/h3-12H,13H2,1-2H3,(H,26,31)(H,27,28,29). The average molecular weight is 590 g/mol. The lowest BCUT2D eigenvalue weighted by atomic mass is 10.3. The molecule has 0 fully saturated rings. The van der Waals surface area contributed by atoms with Gasteiger partial charge in [-0.05, 0) is 42.5 Å². The number of benzene rings is 2. The highest BCUT2D eigenvalue weighted by atomic mass is 35.5. The van der Waals surface area contributed by atoms with Crippen molar-refractivity contribution in [3.8, 4) is 17.6 Å². The summed E-state index contributed by atoms with van der Waals surface area (Å²) in [5.41, 5.74) is 0.129. The molecule has 4 rings (SSSR count). The molecule has 0 spiro atoms. The minimum atomic E-state index is -4.04. The maximum absolute atomic E-state index is 12.8. The molecule has 40 heavy (non-hydrogen) atoms. The highest BCUT2D eigenvalue weighted by Crippen LogP contribution is 2.29. The molecule has 0 saturated carbocycles. The van der Waals surface area contributed by atoms with E-state index in [-0.39, 0.29) is 51.4 Å². The summed E-state index contributed by atoms with van der Waals surface area (Å²) >= 11 is 6.01. The van der Waals surface area contributed by atoms with E-state index in [4.69, 9.17) is 30.2 Å². The van der Waals surface area contributed by atoms with Crippen molar-refractivity contribution in [2.24, 2.45) is 0 Å². The van der Waals surface area contributed by atoms with Crippen LogP contribution < -0.4 is 24.2 Å². The molecule has 2 heterocycles. The van der Waals surface area contributed by atoms with Crippen molar-refractivity contribution in [2.75, 3.05) is 24.3 Å². The maximum Gasteiger partial charge on any atom is 0.321 e. The highest BCUT2D eigenvalue weighted by molar-refractivity contribution is 7.92. The fourth-order valence-corrected chi connectivity index (χ4v) is 4.43. The maximum atomic E-state index is 12.8. The Balaban J connectivity index is 1.37. The molecule has 2 N–H and O–H groups in total. The summed E-state index contributed by atoms with van der Waals surface area (Å²) in [4.78, 5) is 30.6. The zero-order chi connectivity index (χ0) is 28.9. The number of carbonyl (C=O) groups is 1. The van der Waals surface area contributed by atoms with Gasteiger partial charge in [-0.25, -0.2) is 8.42 Å². The number of carbonyl (C=O) groups excluding carboxylic acids is 1. The van der Waals surface area contributed by atoms with Gasteiger partial charge >= 0.3 is 6.01 Å². The van der Waals surface area contributed by atoms with E-state index in [1.165, 1.54) is 68.8 Å². The van der Waals surface area contributed by atoms with Crippen molar-refractivity contribution in [3.05, 3.63) is 87.3 Å². The van der Waals surface area contributed by atoms with Gasteiger partial charge < -0.3 is 23.9 Å². The molecule has 2 aromatic heterocycles. The van der Waals surface area contributed by atoms with E-state index in [1.54, 1.807) is 0 Å². The SMILES string of the molecule is COc1cc(NS(=O)(=O)c2ccc(NC(=O)c3ccc(COc4ccc([N+](=O)[O-])cc4Cl)o3)cc2)nc(OC)n1. The number of non-ortho nitro benzene ring substituents is 1. The summed E-state index contributed by atoms with van der Waals surface area (Å²) < 4.78 is 48.9. The van der Waals surface area contributed by atoms with Crippen LogP contribution in [0.3, 0.4) is 0 Å². The third kappa shape index (κ3) is 6.75. The number of sulfonamides is 1. The van der Waals surface area contributed by atoms with Gasteiger partial charge in [0.2, 0.25) is 5.88 Å². The molecule has 2 aromatic carbocycles. The largest absolute Gasteiger partial charge is 0.484 e. The number of aromatic nitrogens is 2. The lowest BCUT2D eigenvalue weighted by Gasteiger charge is -2.10. The second-order valence-electron chi connectivity index (χ2n) is 7.79. The van der Waals surface area contributed by atoms with Gasteiger partial charge in [-0.15, -0.1) is 0 Å². The van der Waals surface area contributed by atoms with Crippen molar-refractivity contribution in [3.63, 3.8) is 0 Å². The Morgan fingerprint density at radius 2 is 1.80 bits per heavy atom. The summed E-state index contributed by atoms with van der Waals surface area (Å²) in [6, 6.07) is 13.3. The molecule has 0 atom stereocenters. The number of rotatable bonds is 11. The Morgan fingerprint density at radius 3 is 2.45 bits per heavy atom.